The predicted octanol–water partition coefficient (Wildman–Crippen LogP) is -0.468. The highest BCUT2D eigenvalue weighted by Gasteiger charge is 2.70. The Balaban J connectivity index is 1.03. The van der Waals surface area contributed by atoms with E-state index < -0.39 is 91.7 Å². The summed E-state index contributed by atoms with van der Waals surface area (Å²) in [5.74, 6) is -0.0878. The fourth-order valence-corrected chi connectivity index (χ4v) is 11.9. The molecule has 15 nitrogen and oxygen atoms in total. The minimum Gasteiger partial charge on any atom is -0.458 e. The molecule has 0 amide bonds. The van der Waals surface area contributed by atoms with Gasteiger partial charge in [0, 0.05) is 38.0 Å². The number of ether oxygens (including phenoxy) is 7. The van der Waals surface area contributed by atoms with E-state index in [1.165, 1.54) is 20.3 Å². The number of hydrogen-bond acceptors (Lipinski definition) is 15. The lowest BCUT2D eigenvalue weighted by atomic mass is 9.43. The number of cyclic esters (lactones) is 1. The molecule has 2 saturated heterocycles. The number of methoxy groups -OCH3 is 2. The molecule has 0 aromatic heterocycles. The van der Waals surface area contributed by atoms with Gasteiger partial charge in [-0.05, 0) is 73.7 Å². The van der Waals surface area contributed by atoms with Crippen molar-refractivity contribution in [2.75, 3.05) is 34.0 Å². The van der Waals surface area contributed by atoms with Crippen LogP contribution in [0, 0.1) is 34.5 Å². The molecule has 7 N–H and O–H groups in total. The number of esters is 1. The second-order valence-electron chi connectivity index (χ2n) is 16.9. The Kier molecular flexibility index (Phi) is 11.0. The van der Waals surface area contributed by atoms with Gasteiger partial charge in [-0.15, -0.1) is 0 Å². The number of aliphatic hydroxyl groups is 7. The van der Waals surface area contributed by atoms with Gasteiger partial charge in [0.2, 0.25) is 0 Å². The third-order valence-corrected chi connectivity index (χ3v) is 14.7. The van der Waals surface area contributed by atoms with Crippen molar-refractivity contribution in [3.05, 3.63) is 11.6 Å². The van der Waals surface area contributed by atoms with Crippen molar-refractivity contribution < 1.29 is 73.7 Å². The van der Waals surface area contributed by atoms with Gasteiger partial charge in [0.05, 0.1) is 31.0 Å². The van der Waals surface area contributed by atoms with Crippen molar-refractivity contribution in [2.24, 2.45) is 34.5 Å². The van der Waals surface area contributed by atoms with E-state index in [4.69, 9.17) is 33.2 Å². The zero-order chi connectivity index (χ0) is 37.3. The summed E-state index contributed by atoms with van der Waals surface area (Å²) in [6.07, 6.45) is -5.47. The Hall–Kier alpha value is -1.31. The standard InChI is InChI=1S/C37H58O15/c1-35-9-7-19(12-18(35)5-6-21-20(35)8-10-36(2)26(17-11-25(41)48-16-17)22(40)13-37(21,36)45)49-34-32(47-4)31(46-3)30(24(15-39)51-34)52-33-29(44)28(43)27(42)23(14-38)50-33/h11,18-24,26-34,38-40,42-45H,5-10,12-16H2,1-4H3/t18-,19-,20-,21+,22-,23-,24-,26+,27-,28+,29-,30-,31+,32+,33-,34+,35+,36-,37+/m1/s1. The van der Waals surface area contributed by atoms with Crippen LogP contribution in [0.3, 0.4) is 0 Å². The van der Waals surface area contributed by atoms with E-state index in [2.05, 4.69) is 13.8 Å². The molecule has 52 heavy (non-hydrogen) atoms. The molecule has 0 spiro atoms. The Bertz CT molecular complexity index is 1330. The molecule has 0 bridgehead atoms. The van der Waals surface area contributed by atoms with E-state index in [0.717, 1.165) is 50.5 Å². The fraction of sp³-hybridized carbons (Fsp3) is 0.919. The molecule has 19 atom stereocenters. The maximum absolute atomic E-state index is 12.6. The average Bonchev–Trinajstić information content (AvgIpc) is 3.63. The Morgan fingerprint density at radius 1 is 0.808 bits per heavy atom. The second kappa shape index (κ2) is 14.6. The molecule has 0 aromatic carbocycles. The highest BCUT2D eigenvalue weighted by Crippen LogP contribution is 2.70. The summed E-state index contributed by atoms with van der Waals surface area (Å²) in [6, 6.07) is 0. The lowest BCUT2D eigenvalue weighted by Crippen LogP contribution is -2.65. The first-order valence-electron chi connectivity index (χ1n) is 19.0. The highest BCUT2D eigenvalue weighted by molar-refractivity contribution is 5.85. The van der Waals surface area contributed by atoms with Crippen LogP contribution >= 0.6 is 0 Å². The monoisotopic (exact) mass is 742 g/mol. The minimum atomic E-state index is -1.65. The fourth-order valence-electron chi connectivity index (χ4n) is 11.9. The van der Waals surface area contributed by atoms with E-state index in [9.17, 15) is 40.5 Å². The van der Waals surface area contributed by atoms with Gasteiger partial charge < -0.3 is 68.9 Å². The maximum Gasteiger partial charge on any atom is 0.331 e. The summed E-state index contributed by atoms with van der Waals surface area (Å²) in [5, 5.41) is 75.1. The SMILES string of the molecule is CO[C@@H]1[C@H](OC)[C@@H](O[C@@H]2CC[C@@]3(C)[C@H](CC[C@H]4[C@H]3CC[C@]3(C)[C@@H](C5=CC(=O)OC5)[C@H](O)C[C@]43O)C2)O[C@H](CO)[C@H]1O[C@H]1O[C@H](CO)[C@@H](O)[C@H](O)[C@H]1O. The largest absolute Gasteiger partial charge is 0.458 e. The van der Waals surface area contributed by atoms with E-state index >= 15 is 0 Å². The molecule has 0 aromatic rings. The number of hydrogen-bond donors (Lipinski definition) is 7. The zero-order valence-corrected chi connectivity index (χ0v) is 30.5. The van der Waals surface area contributed by atoms with Crippen molar-refractivity contribution >= 4 is 5.97 Å². The Labute approximate surface area is 304 Å². The molecule has 4 aliphatic carbocycles. The number of carbonyl (C=O) groups is 1. The van der Waals surface area contributed by atoms with Gasteiger partial charge in [-0.3, -0.25) is 0 Å². The molecule has 15 heteroatoms. The topological polar surface area (TPSA) is 223 Å². The molecule has 7 rings (SSSR count). The van der Waals surface area contributed by atoms with Gasteiger partial charge in [0.25, 0.3) is 0 Å². The van der Waals surface area contributed by atoms with Crippen LogP contribution in [0.1, 0.15) is 65.2 Å². The van der Waals surface area contributed by atoms with Crippen LogP contribution in [-0.2, 0) is 38.0 Å². The maximum atomic E-state index is 12.6. The summed E-state index contributed by atoms with van der Waals surface area (Å²) >= 11 is 0. The van der Waals surface area contributed by atoms with Crippen LogP contribution in [0.25, 0.3) is 0 Å². The molecule has 0 radical (unpaired) electrons. The van der Waals surface area contributed by atoms with Gasteiger partial charge in [-0.1, -0.05) is 13.8 Å². The summed E-state index contributed by atoms with van der Waals surface area (Å²) in [6.45, 7) is 3.50. The van der Waals surface area contributed by atoms with E-state index in [1.54, 1.807) is 0 Å². The van der Waals surface area contributed by atoms with Crippen molar-refractivity contribution in [1.82, 2.24) is 0 Å². The molecule has 6 fully saturated rings. The minimum absolute atomic E-state index is 0.0243. The highest BCUT2D eigenvalue weighted by atomic mass is 16.8. The first-order valence-corrected chi connectivity index (χ1v) is 19.0. The van der Waals surface area contributed by atoms with Gasteiger partial charge >= 0.3 is 5.97 Å². The molecule has 7 aliphatic rings. The number of carbonyl (C=O) groups excluding carboxylic acids is 1. The third-order valence-electron chi connectivity index (χ3n) is 14.7. The molecular formula is C37H58O15. The van der Waals surface area contributed by atoms with Crippen molar-refractivity contribution in [2.45, 2.75) is 144 Å². The second-order valence-corrected chi connectivity index (χ2v) is 16.9. The zero-order valence-electron chi connectivity index (χ0n) is 30.5. The molecule has 3 heterocycles. The van der Waals surface area contributed by atoms with Crippen LogP contribution in [0.2, 0.25) is 0 Å². The van der Waals surface area contributed by atoms with Crippen LogP contribution in [0.15, 0.2) is 11.6 Å². The third kappa shape index (κ3) is 6.10. The molecule has 0 unspecified atom stereocenters. The van der Waals surface area contributed by atoms with Crippen LogP contribution in [-0.4, -0.2) is 155 Å². The molecule has 296 valence electrons. The van der Waals surface area contributed by atoms with Crippen LogP contribution < -0.4 is 0 Å². The quantitative estimate of drug-likeness (QED) is 0.117. The van der Waals surface area contributed by atoms with Crippen LogP contribution in [0.4, 0.5) is 0 Å². The van der Waals surface area contributed by atoms with Crippen molar-refractivity contribution in [3.63, 3.8) is 0 Å². The van der Waals surface area contributed by atoms with E-state index in [-0.39, 0.29) is 41.8 Å². The van der Waals surface area contributed by atoms with E-state index in [1.807, 2.05) is 0 Å². The summed E-state index contributed by atoms with van der Waals surface area (Å²) in [7, 11) is 2.94. The first-order chi connectivity index (χ1) is 24.7. The lowest BCUT2D eigenvalue weighted by molar-refractivity contribution is -0.368. The molecule has 4 saturated carbocycles. The van der Waals surface area contributed by atoms with Crippen LogP contribution in [0.5, 0.6) is 0 Å². The summed E-state index contributed by atoms with van der Waals surface area (Å²) in [5.41, 5.74) is -0.874. The predicted molar refractivity (Wildman–Crippen MR) is 178 cm³/mol. The Morgan fingerprint density at radius 2 is 1.52 bits per heavy atom. The normalized spacial score (nSPS) is 53.4. The van der Waals surface area contributed by atoms with Gasteiger partial charge in [0.1, 0.15) is 55.4 Å². The Morgan fingerprint density at radius 3 is 2.17 bits per heavy atom. The van der Waals surface area contributed by atoms with E-state index in [0.29, 0.717) is 12.3 Å². The summed E-state index contributed by atoms with van der Waals surface area (Å²) < 4.78 is 41.4. The number of fused-ring (bicyclic) bond motifs is 5. The van der Waals surface area contributed by atoms with Crippen molar-refractivity contribution in [3.8, 4) is 0 Å². The summed E-state index contributed by atoms with van der Waals surface area (Å²) in [4.78, 5) is 12.0. The van der Waals surface area contributed by atoms with Crippen molar-refractivity contribution in [1.29, 1.82) is 0 Å². The smallest absolute Gasteiger partial charge is 0.331 e. The first kappa shape index (κ1) is 38.9. The number of aliphatic hydroxyl groups excluding tert-OH is 6. The number of rotatable bonds is 9. The molecule has 3 aliphatic heterocycles. The molecular weight excluding hydrogens is 684 g/mol. The lowest BCUT2D eigenvalue weighted by Gasteiger charge is -2.63. The van der Waals surface area contributed by atoms with Gasteiger partial charge in [0.15, 0.2) is 12.6 Å². The van der Waals surface area contributed by atoms with Gasteiger partial charge in [-0.25, -0.2) is 4.79 Å². The van der Waals surface area contributed by atoms with Gasteiger partial charge in [-0.2, -0.15) is 0 Å². The average molecular weight is 743 g/mol.